The van der Waals surface area contributed by atoms with Gasteiger partial charge in [-0.15, -0.1) is 11.3 Å². The molecule has 26 heavy (non-hydrogen) atoms. The summed E-state index contributed by atoms with van der Waals surface area (Å²) in [6.45, 7) is 6.46. The van der Waals surface area contributed by atoms with E-state index in [2.05, 4.69) is 28.8 Å². The zero-order valence-electron chi connectivity index (χ0n) is 14.8. The number of thiazole rings is 1. The number of ether oxygens (including phenoxy) is 1. The SMILES string of the molecule is Cc1nc(-c2ccc(OCC(C)C)c(-c3cnccn3)c2)sc1C(=O)O. The van der Waals surface area contributed by atoms with Gasteiger partial charge >= 0.3 is 5.97 Å². The molecule has 6 nitrogen and oxygen atoms in total. The van der Waals surface area contributed by atoms with Gasteiger partial charge in [0, 0.05) is 23.5 Å². The van der Waals surface area contributed by atoms with E-state index in [-0.39, 0.29) is 4.88 Å². The molecule has 0 radical (unpaired) electrons. The number of carboxylic acid groups (broad SMARTS) is 1. The molecule has 0 amide bonds. The second-order valence-corrected chi connectivity index (χ2v) is 7.24. The maximum absolute atomic E-state index is 11.3. The van der Waals surface area contributed by atoms with Crippen molar-refractivity contribution < 1.29 is 14.6 Å². The fraction of sp³-hybridized carbons (Fsp3) is 0.263. The van der Waals surface area contributed by atoms with Gasteiger partial charge in [-0.05, 0) is 31.0 Å². The van der Waals surface area contributed by atoms with Gasteiger partial charge < -0.3 is 9.84 Å². The summed E-state index contributed by atoms with van der Waals surface area (Å²) < 4.78 is 5.93. The van der Waals surface area contributed by atoms with E-state index in [4.69, 9.17) is 4.74 Å². The summed E-state index contributed by atoms with van der Waals surface area (Å²) in [5.41, 5.74) is 2.84. The maximum atomic E-state index is 11.3. The van der Waals surface area contributed by atoms with Crippen molar-refractivity contribution in [2.45, 2.75) is 20.8 Å². The second-order valence-electron chi connectivity index (χ2n) is 6.25. The van der Waals surface area contributed by atoms with Crippen LogP contribution in [0.5, 0.6) is 5.75 Å². The van der Waals surface area contributed by atoms with Crippen LogP contribution in [-0.4, -0.2) is 32.6 Å². The Morgan fingerprint density at radius 3 is 2.73 bits per heavy atom. The molecule has 2 aromatic heterocycles. The predicted molar refractivity (Wildman–Crippen MR) is 101 cm³/mol. The molecule has 2 heterocycles. The number of carbonyl (C=O) groups is 1. The van der Waals surface area contributed by atoms with Crippen LogP contribution in [0.25, 0.3) is 21.8 Å². The van der Waals surface area contributed by atoms with Crippen LogP contribution in [0.4, 0.5) is 0 Å². The first-order chi connectivity index (χ1) is 12.5. The van der Waals surface area contributed by atoms with Gasteiger partial charge in [-0.1, -0.05) is 13.8 Å². The number of benzene rings is 1. The van der Waals surface area contributed by atoms with Crippen LogP contribution >= 0.6 is 11.3 Å². The fourth-order valence-corrected chi connectivity index (χ4v) is 3.30. The van der Waals surface area contributed by atoms with E-state index in [0.717, 1.165) is 28.2 Å². The lowest BCUT2D eigenvalue weighted by molar-refractivity contribution is 0.0701. The fourth-order valence-electron chi connectivity index (χ4n) is 2.40. The van der Waals surface area contributed by atoms with E-state index < -0.39 is 5.97 Å². The molecule has 0 aliphatic heterocycles. The minimum atomic E-state index is -0.961. The molecular weight excluding hydrogens is 350 g/mol. The first-order valence-corrected chi connectivity index (χ1v) is 9.01. The molecule has 0 bridgehead atoms. The molecule has 1 N–H and O–H groups in total. The van der Waals surface area contributed by atoms with Crippen molar-refractivity contribution in [3.05, 3.63) is 47.4 Å². The van der Waals surface area contributed by atoms with E-state index in [9.17, 15) is 9.90 Å². The largest absolute Gasteiger partial charge is 0.493 e. The Morgan fingerprint density at radius 1 is 1.31 bits per heavy atom. The molecule has 0 saturated heterocycles. The van der Waals surface area contributed by atoms with Crippen LogP contribution in [0.1, 0.15) is 29.2 Å². The number of nitrogens with zero attached hydrogens (tertiary/aromatic N) is 3. The summed E-state index contributed by atoms with van der Waals surface area (Å²) >= 11 is 1.16. The van der Waals surface area contributed by atoms with Crippen molar-refractivity contribution in [1.82, 2.24) is 15.0 Å². The summed E-state index contributed by atoms with van der Waals surface area (Å²) in [4.78, 5) is 24.4. The Morgan fingerprint density at radius 2 is 2.12 bits per heavy atom. The lowest BCUT2D eigenvalue weighted by Gasteiger charge is -2.13. The lowest BCUT2D eigenvalue weighted by atomic mass is 10.1. The molecule has 134 valence electrons. The lowest BCUT2D eigenvalue weighted by Crippen LogP contribution is -2.05. The summed E-state index contributed by atoms with van der Waals surface area (Å²) in [6, 6.07) is 5.68. The van der Waals surface area contributed by atoms with Crippen molar-refractivity contribution in [3.8, 4) is 27.6 Å². The van der Waals surface area contributed by atoms with Gasteiger partial charge in [-0.2, -0.15) is 0 Å². The molecule has 0 aliphatic carbocycles. The molecule has 7 heteroatoms. The minimum Gasteiger partial charge on any atom is -0.493 e. The molecule has 0 fully saturated rings. The third-order valence-electron chi connectivity index (χ3n) is 3.63. The topological polar surface area (TPSA) is 85.2 Å². The predicted octanol–water partition coefficient (Wildman–Crippen LogP) is 4.31. The number of rotatable bonds is 6. The Balaban J connectivity index is 2.06. The van der Waals surface area contributed by atoms with Crippen molar-refractivity contribution in [3.63, 3.8) is 0 Å². The molecular formula is C19H19N3O3S. The minimum absolute atomic E-state index is 0.251. The van der Waals surface area contributed by atoms with E-state index in [0.29, 0.717) is 28.9 Å². The molecule has 0 atom stereocenters. The quantitative estimate of drug-likeness (QED) is 0.697. The Hall–Kier alpha value is -2.80. The van der Waals surface area contributed by atoms with Crippen LogP contribution in [0.2, 0.25) is 0 Å². The summed E-state index contributed by atoms with van der Waals surface area (Å²) in [5.74, 6) is 0.149. The number of carboxylic acids is 1. The zero-order chi connectivity index (χ0) is 18.7. The number of hydrogen-bond donors (Lipinski definition) is 1. The maximum Gasteiger partial charge on any atom is 0.347 e. The zero-order valence-corrected chi connectivity index (χ0v) is 15.6. The third-order valence-corrected chi connectivity index (χ3v) is 4.82. The summed E-state index contributed by atoms with van der Waals surface area (Å²) in [7, 11) is 0. The highest BCUT2D eigenvalue weighted by atomic mass is 32.1. The summed E-state index contributed by atoms with van der Waals surface area (Å²) in [6.07, 6.45) is 4.92. The van der Waals surface area contributed by atoms with Gasteiger partial charge in [0.1, 0.15) is 15.6 Å². The van der Waals surface area contributed by atoms with Gasteiger partial charge in [0.25, 0.3) is 0 Å². The van der Waals surface area contributed by atoms with E-state index in [1.807, 2.05) is 18.2 Å². The van der Waals surface area contributed by atoms with Crippen LogP contribution in [0.3, 0.4) is 0 Å². The Labute approximate surface area is 155 Å². The first-order valence-electron chi connectivity index (χ1n) is 8.20. The average molecular weight is 369 g/mol. The van der Waals surface area contributed by atoms with E-state index in [1.165, 1.54) is 0 Å². The summed E-state index contributed by atoms with van der Waals surface area (Å²) in [5, 5.41) is 9.91. The van der Waals surface area contributed by atoms with Gasteiger partial charge in [0.2, 0.25) is 0 Å². The number of aromatic nitrogens is 3. The normalized spacial score (nSPS) is 10.9. The molecule has 3 aromatic rings. The van der Waals surface area contributed by atoms with E-state index in [1.54, 1.807) is 25.5 Å². The van der Waals surface area contributed by atoms with Crippen molar-refractivity contribution in [1.29, 1.82) is 0 Å². The second kappa shape index (κ2) is 7.61. The van der Waals surface area contributed by atoms with Crippen molar-refractivity contribution in [2.75, 3.05) is 6.61 Å². The number of hydrogen-bond acceptors (Lipinski definition) is 6. The van der Waals surface area contributed by atoms with Crippen molar-refractivity contribution >= 4 is 17.3 Å². The molecule has 0 saturated carbocycles. The number of aromatic carboxylic acids is 1. The Bertz CT molecular complexity index is 923. The highest BCUT2D eigenvalue weighted by Crippen LogP contribution is 2.35. The van der Waals surface area contributed by atoms with Gasteiger partial charge in [-0.3, -0.25) is 9.97 Å². The monoisotopic (exact) mass is 369 g/mol. The highest BCUT2D eigenvalue weighted by molar-refractivity contribution is 7.17. The highest BCUT2D eigenvalue weighted by Gasteiger charge is 2.17. The van der Waals surface area contributed by atoms with Crippen molar-refractivity contribution in [2.24, 2.45) is 5.92 Å². The average Bonchev–Trinajstić information content (AvgIpc) is 3.02. The molecule has 0 spiro atoms. The Kier molecular flexibility index (Phi) is 5.27. The third kappa shape index (κ3) is 3.88. The molecule has 3 rings (SSSR count). The van der Waals surface area contributed by atoms with Crippen LogP contribution in [0, 0.1) is 12.8 Å². The number of aryl methyl sites for hydroxylation is 1. The van der Waals surface area contributed by atoms with Crippen LogP contribution < -0.4 is 4.74 Å². The molecule has 1 aromatic carbocycles. The van der Waals surface area contributed by atoms with Gasteiger partial charge in [0.15, 0.2) is 0 Å². The van der Waals surface area contributed by atoms with E-state index >= 15 is 0 Å². The van der Waals surface area contributed by atoms with Gasteiger partial charge in [-0.25, -0.2) is 9.78 Å². The molecule has 0 aliphatic rings. The smallest absolute Gasteiger partial charge is 0.347 e. The van der Waals surface area contributed by atoms with Crippen LogP contribution in [0.15, 0.2) is 36.8 Å². The molecule has 0 unspecified atom stereocenters. The van der Waals surface area contributed by atoms with Gasteiger partial charge in [0.05, 0.1) is 24.2 Å². The standard InChI is InChI=1S/C19H19N3O3S/c1-11(2)10-25-16-5-4-13(8-14(16)15-9-20-6-7-21-15)18-22-12(3)17(26-18)19(23)24/h4-9,11H,10H2,1-3H3,(H,23,24). The van der Waals surface area contributed by atoms with Crippen LogP contribution in [-0.2, 0) is 0 Å². The first kappa shape index (κ1) is 18.0.